The zero-order valence-electron chi connectivity index (χ0n) is 10.3. The third-order valence-corrected chi connectivity index (χ3v) is 4.96. The second-order valence-corrected chi connectivity index (χ2v) is 6.44. The molecular weight excluding hydrogens is 358 g/mol. The number of nitrogens with zero attached hydrogens (tertiary/aromatic N) is 3. The van der Waals surface area contributed by atoms with Crippen LogP contribution in [0.25, 0.3) is 11.0 Å². The number of nitriles is 1. The Morgan fingerprint density at radius 3 is 2.95 bits per heavy atom. The molecule has 0 N–H and O–H groups in total. The molecule has 0 bridgehead atoms. The van der Waals surface area contributed by atoms with Gasteiger partial charge in [-0.05, 0) is 34.1 Å². The first-order valence-electron chi connectivity index (χ1n) is 5.90. The van der Waals surface area contributed by atoms with Gasteiger partial charge in [0.05, 0.1) is 23.5 Å². The van der Waals surface area contributed by atoms with E-state index in [0.717, 1.165) is 21.3 Å². The van der Waals surface area contributed by atoms with Crippen LogP contribution >= 0.6 is 38.9 Å². The summed E-state index contributed by atoms with van der Waals surface area (Å²) in [6.45, 7) is 0.712. The van der Waals surface area contributed by atoms with Crippen molar-refractivity contribution in [3.63, 3.8) is 0 Å². The smallest absolute Gasteiger partial charge is 0.125 e. The molecule has 0 fully saturated rings. The van der Waals surface area contributed by atoms with Gasteiger partial charge in [-0.2, -0.15) is 5.26 Å². The largest absolute Gasteiger partial charge is 0.322 e. The Labute approximate surface area is 133 Å². The van der Waals surface area contributed by atoms with E-state index in [0.29, 0.717) is 18.0 Å². The first-order valence-corrected chi connectivity index (χ1v) is 8.10. The van der Waals surface area contributed by atoms with Gasteiger partial charge in [-0.3, -0.25) is 0 Å². The van der Waals surface area contributed by atoms with Crippen LogP contribution in [0.3, 0.4) is 0 Å². The van der Waals surface area contributed by atoms with Crippen LogP contribution in [0.5, 0.6) is 0 Å². The molecule has 0 aliphatic carbocycles. The Morgan fingerprint density at radius 2 is 2.30 bits per heavy atom. The van der Waals surface area contributed by atoms with Crippen LogP contribution < -0.4 is 0 Å². The predicted molar refractivity (Wildman–Crippen MR) is 85.1 cm³/mol. The van der Waals surface area contributed by atoms with Crippen LogP contribution in [-0.4, -0.2) is 9.55 Å². The second-order valence-electron chi connectivity index (χ2n) is 4.26. The maximum absolute atomic E-state index is 9.17. The lowest BCUT2D eigenvalue weighted by molar-refractivity contribution is 0.789. The first kappa shape index (κ1) is 13.6. The highest BCUT2D eigenvalue weighted by Crippen LogP contribution is 2.25. The summed E-state index contributed by atoms with van der Waals surface area (Å²) in [5, 5.41) is 11.2. The van der Waals surface area contributed by atoms with E-state index in [9.17, 15) is 0 Å². The molecule has 3 aromatic rings. The summed E-state index contributed by atoms with van der Waals surface area (Å²) in [6, 6.07) is 9.89. The molecule has 1 aromatic carbocycles. The van der Waals surface area contributed by atoms with E-state index in [1.807, 2.05) is 12.1 Å². The van der Waals surface area contributed by atoms with Gasteiger partial charge in [0.2, 0.25) is 0 Å². The number of alkyl halides is 1. The molecule has 0 atom stereocenters. The molecule has 0 saturated heterocycles. The summed E-state index contributed by atoms with van der Waals surface area (Å²) in [4.78, 5) is 5.72. The fourth-order valence-corrected chi connectivity index (χ4v) is 3.80. The van der Waals surface area contributed by atoms with Gasteiger partial charge >= 0.3 is 0 Å². The highest BCUT2D eigenvalue weighted by molar-refractivity contribution is 9.10. The number of imidazole rings is 1. The summed E-state index contributed by atoms with van der Waals surface area (Å²) in [7, 11) is 0. The number of thiophene rings is 1. The maximum Gasteiger partial charge on any atom is 0.125 e. The standard InChI is InChI=1S/C14H9BrClN3S/c15-10-4-11(20-8-10)7-19-12-3-1-2-9(6-17)14(12)18-13(19)5-16/h1-4,8H,5,7H2. The molecule has 3 rings (SSSR count). The third kappa shape index (κ3) is 2.35. The highest BCUT2D eigenvalue weighted by Gasteiger charge is 2.13. The molecular formula is C14H9BrClN3S. The fourth-order valence-electron chi connectivity index (χ4n) is 2.16. The average Bonchev–Trinajstić information content (AvgIpc) is 3.03. The molecule has 3 nitrogen and oxygen atoms in total. The molecule has 6 heteroatoms. The summed E-state index contributed by atoms with van der Waals surface area (Å²) >= 11 is 11.1. The van der Waals surface area contributed by atoms with Crippen LogP contribution in [0, 0.1) is 11.3 Å². The van der Waals surface area contributed by atoms with Crippen LogP contribution in [0.4, 0.5) is 0 Å². The molecule has 0 aliphatic heterocycles. The summed E-state index contributed by atoms with van der Waals surface area (Å²) < 4.78 is 3.15. The monoisotopic (exact) mass is 365 g/mol. The number of para-hydroxylation sites is 1. The van der Waals surface area contributed by atoms with Gasteiger partial charge in [0.1, 0.15) is 17.4 Å². The van der Waals surface area contributed by atoms with Crippen molar-refractivity contribution in [2.45, 2.75) is 12.4 Å². The Kier molecular flexibility index (Phi) is 3.79. The van der Waals surface area contributed by atoms with Crippen molar-refractivity contribution in [2.75, 3.05) is 0 Å². The zero-order chi connectivity index (χ0) is 14.1. The molecule has 0 amide bonds. The van der Waals surface area contributed by atoms with Crippen LogP contribution in [-0.2, 0) is 12.4 Å². The SMILES string of the molecule is N#Cc1cccc2c1nc(CCl)n2Cc1cc(Br)cs1. The normalized spacial score (nSPS) is 10.8. The molecule has 0 radical (unpaired) electrons. The number of rotatable bonds is 3. The Bertz CT molecular complexity index is 816. The van der Waals surface area contributed by atoms with Crippen molar-refractivity contribution in [1.82, 2.24) is 9.55 Å². The summed E-state index contributed by atoms with van der Waals surface area (Å²) in [5.41, 5.74) is 2.26. The van der Waals surface area contributed by atoms with Gasteiger partial charge < -0.3 is 4.57 Å². The Balaban J connectivity index is 2.16. The maximum atomic E-state index is 9.17. The lowest BCUT2D eigenvalue weighted by atomic mass is 10.2. The molecule has 0 spiro atoms. The van der Waals surface area contributed by atoms with Crippen molar-refractivity contribution < 1.29 is 0 Å². The predicted octanol–water partition coefficient (Wildman–Crippen LogP) is 4.52. The third-order valence-electron chi connectivity index (χ3n) is 3.03. The minimum atomic E-state index is 0.325. The van der Waals surface area contributed by atoms with Gasteiger partial charge in [-0.25, -0.2) is 4.98 Å². The van der Waals surface area contributed by atoms with E-state index in [2.05, 4.69) is 43.0 Å². The molecule has 2 aromatic heterocycles. The minimum absolute atomic E-state index is 0.325. The van der Waals surface area contributed by atoms with Crippen LogP contribution in [0.15, 0.2) is 34.1 Å². The number of halogens is 2. The molecule has 0 aliphatic rings. The van der Waals surface area contributed by atoms with Crippen molar-refractivity contribution in [1.29, 1.82) is 5.26 Å². The Morgan fingerprint density at radius 1 is 1.45 bits per heavy atom. The van der Waals surface area contributed by atoms with E-state index in [-0.39, 0.29) is 0 Å². The van der Waals surface area contributed by atoms with Crippen LogP contribution in [0.1, 0.15) is 16.3 Å². The summed E-state index contributed by atoms with van der Waals surface area (Å²) in [5.74, 6) is 1.11. The van der Waals surface area contributed by atoms with Crippen molar-refractivity contribution >= 4 is 49.9 Å². The molecule has 0 unspecified atom stereocenters. The number of hydrogen-bond donors (Lipinski definition) is 0. The van der Waals surface area contributed by atoms with Gasteiger partial charge in [0, 0.05) is 14.7 Å². The van der Waals surface area contributed by atoms with E-state index >= 15 is 0 Å². The highest BCUT2D eigenvalue weighted by atomic mass is 79.9. The number of benzene rings is 1. The van der Waals surface area contributed by atoms with Crippen molar-refractivity contribution in [3.8, 4) is 6.07 Å². The van der Waals surface area contributed by atoms with E-state index in [1.165, 1.54) is 4.88 Å². The van der Waals surface area contributed by atoms with Gasteiger partial charge in [0.25, 0.3) is 0 Å². The van der Waals surface area contributed by atoms with Gasteiger partial charge in [-0.1, -0.05) is 6.07 Å². The number of fused-ring (bicyclic) bond motifs is 1. The quantitative estimate of drug-likeness (QED) is 0.640. The fraction of sp³-hybridized carbons (Fsp3) is 0.143. The number of hydrogen-bond acceptors (Lipinski definition) is 3. The summed E-state index contributed by atoms with van der Waals surface area (Å²) in [6.07, 6.45) is 0. The number of aromatic nitrogens is 2. The second kappa shape index (κ2) is 5.57. The first-order chi connectivity index (χ1) is 9.72. The van der Waals surface area contributed by atoms with E-state index in [1.54, 1.807) is 17.4 Å². The molecule has 100 valence electrons. The molecule has 2 heterocycles. The van der Waals surface area contributed by atoms with Gasteiger partial charge in [0.15, 0.2) is 0 Å². The van der Waals surface area contributed by atoms with E-state index in [4.69, 9.17) is 16.9 Å². The van der Waals surface area contributed by atoms with Crippen LogP contribution in [0.2, 0.25) is 0 Å². The Hall–Kier alpha value is -1.35. The average molecular weight is 367 g/mol. The molecule has 20 heavy (non-hydrogen) atoms. The zero-order valence-corrected chi connectivity index (χ0v) is 13.5. The van der Waals surface area contributed by atoms with Crippen molar-refractivity contribution in [3.05, 3.63) is 50.4 Å². The van der Waals surface area contributed by atoms with Crippen molar-refractivity contribution in [2.24, 2.45) is 0 Å². The molecule has 0 saturated carbocycles. The topological polar surface area (TPSA) is 41.6 Å². The minimum Gasteiger partial charge on any atom is -0.322 e. The lowest BCUT2D eigenvalue weighted by Crippen LogP contribution is -2.02. The van der Waals surface area contributed by atoms with Gasteiger partial charge in [-0.15, -0.1) is 22.9 Å². The van der Waals surface area contributed by atoms with E-state index < -0.39 is 0 Å². The lowest BCUT2D eigenvalue weighted by Gasteiger charge is -2.05.